The summed E-state index contributed by atoms with van der Waals surface area (Å²) in [6, 6.07) is 20.1. The second kappa shape index (κ2) is 8.19. The number of carbonyl (C=O) groups excluding carboxylic acids is 1. The number of nitrogens with zero attached hydrogens (tertiary/aromatic N) is 3. The summed E-state index contributed by atoms with van der Waals surface area (Å²) < 4.78 is 1.76. The minimum absolute atomic E-state index is 0.134. The molecule has 156 valence electrons. The Morgan fingerprint density at radius 2 is 1.58 bits per heavy atom. The van der Waals surface area contributed by atoms with Gasteiger partial charge in [0.15, 0.2) is 5.82 Å². The molecule has 0 spiro atoms. The van der Waals surface area contributed by atoms with Crippen molar-refractivity contribution in [3.63, 3.8) is 0 Å². The third kappa shape index (κ3) is 4.26. The van der Waals surface area contributed by atoms with Gasteiger partial charge in [0.2, 0.25) is 5.82 Å². The van der Waals surface area contributed by atoms with Crippen LogP contribution < -0.4 is 5.32 Å². The van der Waals surface area contributed by atoms with E-state index in [9.17, 15) is 4.79 Å². The fraction of sp³-hybridized carbons (Fsp3) is 0.192. The van der Waals surface area contributed by atoms with Gasteiger partial charge in [-0.1, -0.05) is 47.5 Å². The van der Waals surface area contributed by atoms with Crippen molar-refractivity contribution in [2.24, 2.45) is 0 Å². The number of aryl methyl sites for hydroxylation is 5. The van der Waals surface area contributed by atoms with Crippen molar-refractivity contribution in [2.75, 3.05) is 5.32 Å². The van der Waals surface area contributed by atoms with Gasteiger partial charge in [0.25, 0.3) is 5.91 Å². The highest BCUT2D eigenvalue weighted by atomic mass is 16.2. The average Bonchev–Trinajstić information content (AvgIpc) is 3.16. The smallest absolute Gasteiger partial charge is 0.295 e. The molecule has 4 aromatic rings. The van der Waals surface area contributed by atoms with Gasteiger partial charge in [-0.2, -0.15) is 0 Å². The monoisotopic (exact) mass is 410 g/mol. The molecule has 4 rings (SSSR count). The van der Waals surface area contributed by atoms with Gasteiger partial charge < -0.3 is 5.32 Å². The molecule has 0 fully saturated rings. The molecular formula is C26H26N4O. The fourth-order valence-corrected chi connectivity index (χ4v) is 3.60. The molecule has 0 aliphatic rings. The van der Waals surface area contributed by atoms with Crippen LogP contribution in [0.1, 0.15) is 38.4 Å². The van der Waals surface area contributed by atoms with Gasteiger partial charge in [-0.3, -0.25) is 4.79 Å². The lowest BCUT2D eigenvalue weighted by Crippen LogP contribution is -2.14. The normalized spacial score (nSPS) is 10.9. The molecule has 1 heterocycles. The molecule has 0 aliphatic carbocycles. The van der Waals surface area contributed by atoms with Crippen LogP contribution in [0.25, 0.3) is 17.1 Å². The van der Waals surface area contributed by atoms with Gasteiger partial charge in [0.1, 0.15) is 0 Å². The van der Waals surface area contributed by atoms with Crippen molar-refractivity contribution in [3.8, 4) is 17.1 Å². The first-order chi connectivity index (χ1) is 14.8. The van der Waals surface area contributed by atoms with E-state index in [1.165, 1.54) is 11.1 Å². The lowest BCUT2D eigenvalue weighted by atomic mass is 10.1. The van der Waals surface area contributed by atoms with Crippen LogP contribution in [-0.4, -0.2) is 20.7 Å². The molecular weight excluding hydrogens is 384 g/mol. The lowest BCUT2D eigenvalue weighted by molar-refractivity contribution is 0.101. The minimum Gasteiger partial charge on any atom is -0.319 e. The van der Waals surface area contributed by atoms with E-state index in [1.54, 1.807) is 4.68 Å². The maximum absolute atomic E-state index is 13.0. The summed E-state index contributed by atoms with van der Waals surface area (Å²) in [5.74, 6) is 0.441. The minimum atomic E-state index is -0.333. The van der Waals surface area contributed by atoms with Crippen molar-refractivity contribution in [1.82, 2.24) is 14.8 Å². The predicted molar refractivity (Wildman–Crippen MR) is 125 cm³/mol. The van der Waals surface area contributed by atoms with Crippen molar-refractivity contribution >= 4 is 11.6 Å². The van der Waals surface area contributed by atoms with E-state index >= 15 is 0 Å². The molecule has 0 saturated carbocycles. The summed E-state index contributed by atoms with van der Waals surface area (Å²) >= 11 is 0. The highest BCUT2D eigenvalue weighted by Gasteiger charge is 2.20. The van der Waals surface area contributed by atoms with Gasteiger partial charge in [0, 0.05) is 11.3 Å². The van der Waals surface area contributed by atoms with Crippen LogP contribution in [0.3, 0.4) is 0 Å². The zero-order chi connectivity index (χ0) is 22.1. The number of benzene rings is 3. The van der Waals surface area contributed by atoms with Crippen molar-refractivity contribution in [2.45, 2.75) is 34.6 Å². The number of aromatic nitrogens is 3. The summed E-state index contributed by atoms with van der Waals surface area (Å²) in [5.41, 5.74) is 8.20. The molecule has 5 heteroatoms. The molecule has 1 N–H and O–H groups in total. The highest BCUT2D eigenvalue weighted by Crippen LogP contribution is 2.25. The first kappa shape index (κ1) is 20.5. The van der Waals surface area contributed by atoms with Crippen molar-refractivity contribution in [3.05, 3.63) is 94.3 Å². The van der Waals surface area contributed by atoms with Crippen LogP contribution >= 0.6 is 0 Å². The molecule has 0 radical (unpaired) electrons. The third-order valence-corrected chi connectivity index (χ3v) is 5.43. The van der Waals surface area contributed by atoms with Gasteiger partial charge >= 0.3 is 0 Å². The van der Waals surface area contributed by atoms with Crippen molar-refractivity contribution < 1.29 is 4.79 Å². The van der Waals surface area contributed by atoms with E-state index in [2.05, 4.69) is 34.5 Å². The van der Waals surface area contributed by atoms with E-state index < -0.39 is 0 Å². The van der Waals surface area contributed by atoms with Gasteiger partial charge in [-0.15, -0.1) is 5.10 Å². The van der Waals surface area contributed by atoms with Crippen LogP contribution in [0, 0.1) is 34.6 Å². The van der Waals surface area contributed by atoms with E-state index in [1.807, 2.05) is 76.2 Å². The Morgan fingerprint density at radius 3 is 2.29 bits per heavy atom. The predicted octanol–water partition coefficient (Wildman–Crippen LogP) is 5.73. The molecule has 0 atom stereocenters. The summed E-state index contributed by atoms with van der Waals surface area (Å²) in [6.45, 7) is 10.2. The molecule has 3 aromatic carbocycles. The summed E-state index contributed by atoms with van der Waals surface area (Å²) in [4.78, 5) is 17.6. The maximum atomic E-state index is 13.0. The second-order valence-corrected chi connectivity index (χ2v) is 8.08. The number of carbonyl (C=O) groups is 1. The van der Waals surface area contributed by atoms with E-state index in [0.29, 0.717) is 5.82 Å². The largest absolute Gasteiger partial charge is 0.319 e. The van der Waals surface area contributed by atoms with Crippen LogP contribution in [0.5, 0.6) is 0 Å². The van der Waals surface area contributed by atoms with Gasteiger partial charge in [0.05, 0.1) is 5.69 Å². The first-order valence-electron chi connectivity index (χ1n) is 10.3. The first-order valence-corrected chi connectivity index (χ1v) is 10.3. The highest BCUT2D eigenvalue weighted by molar-refractivity contribution is 6.01. The number of anilines is 1. The molecule has 0 saturated heterocycles. The fourth-order valence-electron chi connectivity index (χ4n) is 3.60. The van der Waals surface area contributed by atoms with E-state index in [4.69, 9.17) is 0 Å². The Bertz CT molecular complexity index is 1290. The number of nitrogens with one attached hydrogen (secondary N) is 1. The average molecular weight is 411 g/mol. The summed E-state index contributed by atoms with van der Waals surface area (Å²) in [7, 11) is 0. The van der Waals surface area contributed by atoms with E-state index in [0.717, 1.165) is 33.6 Å². The second-order valence-electron chi connectivity index (χ2n) is 8.08. The van der Waals surface area contributed by atoms with Crippen LogP contribution in [-0.2, 0) is 0 Å². The molecule has 0 unspecified atom stereocenters. The topological polar surface area (TPSA) is 59.8 Å². The quantitative estimate of drug-likeness (QED) is 0.467. The zero-order valence-corrected chi connectivity index (χ0v) is 18.5. The molecule has 5 nitrogen and oxygen atoms in total. The Kier molecular flexibility index (Phi) is 5.42. The van der Waals surface area contributed by atoms with Crippen LogP contribution in [0.4, 0.5) is 5.69 Å². The number of amides is 1. The Labute approximate surface area is 182 Å². The Morgan fingerprint density at radius 1 is 0.806 bits per heavy atom. The standard InChI is InChI=1S/C26H26N4O/c1-16-7-6-8-21(14-16)25-28-24(26(31)27-22-11-10-18(3)19(4)15-22)29-30(25)23-12-9-17(2)13-20(23)5/h6-15H,1-5H3,(H,27,31). The Balaban J connectivity index is 1.79. The molecule has 1 aromatic heterocycles. The molecule has 1 amide bonds. The SMILES string of the molecule is Cc1cccc(-c2nc(C(=O)Nc3ccc(C)c(C)c3)nn2-c2ccc(C)cc2C)c1. The van der Waals surface area contributed by atoms with Crippen LogP contribution in [0.15, 0.2) is 60.7 Å². The third-order valence-electron chi connectivity index (χ3n) is 5.43. The maximum Gasteiger partial charge on any atom is 0.295 e. The molecule has 0 bridgehead atoms. The molecule has 0 aliphatic heterocycles. The zero-order valence-electron chi connectivity index (χ0n) is 18.5. The van der Waals surface area contributed by atoms with Crippen molar-refractivity contribution in [1.29, 1.82) is 0 Å². The van der Waals surface area contributed by atoms with Crippen LogP contribution in [0.2, 0.25) is 0 Å². The van der Waals surface area contributed by atoms with Gasteiger partial charge in [-0.25, -0.2) is 9.67 Å². The number of rotatable bonds is 4. The lowest BCUT2D eigenvalue weighted by Gasteiger charge is -2.10. The number of hydrogen-bond acceptors (Lipinski definition) is 3. The van der Waals surface area contributed by atoms with E-state index in [-0.39, 0.29) is 11.7 Å². The number of hydrogen-bond donors (Lipinski definition) is 1. The molecule has 31 heavy (non-hydrogen) atoms. The summed E-state index contributed by atoms with van der Waals surface area (Å²) in [5, 5.41) is 7.53. The Hall–Kier alpha value is -3.73. The summed E-state index contributed by atoms with van der Waals surface area (Å²) in [6.07, 6.45) is 0. The van der Waals surface area contributed by atoms with Gasteiger partial charge in [-0.05, 0) is 75.6 Å².